The number of hydrogen-bond donors (Lipinski definition) is 0. The molecule has 0 unspecified atom stereocenters. The minimum atomic E-state index is -3.23. The third-order valence-electron chi connectivity index (χ3n) is 7.71. The molecule has 0 amide bonds. The van der Waals surface area contributed by atoms with Crippen LogP contribution in [0.1, 0.15) is 89.0 Å². The van der Waals surface area contributed by atoms with Crippen LogP contribution in [0, 0.1) is 23.5 Å². The number of unbranched alkanes of at least 4 members (excludes halogenated alkanes) is 2. The monoisotopic (exact) mass is 458 g/mol. The molecule has 0 atom stereocenters. The molecule has 6 heteroatoms. The minimum absolute atomic E-state index is 0.102. The molecular weight excluding hydrogens is 420 g/mol. The first-order chi connectivity index (χ1) is 15.0. The Labute approximate surface area is 186 Å². The van der Waals surface area contributed by atoms with Crippen molar-refractivity contribution in [3.8, 4) is 5.75 Å². The van der Waals surface area contributed by atoms with Gasteiger partial charge in [0.1, 0.15) is 0 Å². The molecule has 31 heavy (non-hydrogen) atoms. The van der Waals surface area contributed by atoms with E-state index in [1.165, 1.54) is 57.1 Å². The molecule has 1 aliphatic carbocycles. The maximum atomic E-state index is 14.0. The fourth-order valence-corrected chi connectivity index (χ4v) is 9.38. The van der Waals surface area contributed by atoms with E-state index in [0.717, 1.165) is 31.6 Å². The van der Waals surface area contributed by atoms with Gasteiger partial charge in [-0.05, 0) is 61.1 Å². The molecule has 1 saturated carbocycles. The Morgan fingerprint density at radius 1 is 0.903 bits per heavy atom. The van der Waals surface area contributed by atoms with Gasteiger partial charge in [-0.15, -0.1) is 0 Å². The van der Waals surface area contributed by atoms with Gasteiger partial charge in [0.2, 0.25) is 0 Å². The summed E-state index contributed by atoms with van der Waals surface area (Å²) in [6.45, 7) is -0.951. The van der Waals surface area contributed by atoms with Crippen molar-refractivity contribution in [2.75, 3.05) is 0 Å². The zero-order valence-corrected chi connectivity index (χ0v) is 20.0. The highest BCUT2D eigenvalue weighted by atomic mass is 28.3. The van der Waals surface area contributed by atoms with Crippen LogP contribution in [0.2, 0.25) is 18.1 Å². The second-order valence-electron chi connectivity index (χ2n) is 9.87. The Balaban J connectivity index is 1.39. The molecule has 3 rings (SSSR count). The predicted molar refractivity (Wildman–Crippen MR) is 121 cm³/mol. The van der Waals surface area contributed by atoms with Gasteiger partial charge in [-0.25, -0.2) is 8.78 Å². The van der Waals surface area contributed by atoms with E-state index in [0.29, 0.717) is 11.5 Å². The van der Waals surface area contributed by atoms with Crippen LogP contribution in [0.3, 0.4) is 0 Å². The fourth-order valence-electron chi connectivity index (χ4n) is 5.76. The number of benzene rings is 1. The maximum Gasteiger partial charge on any atom is 0.387 e. The van der Waals surface area contributed by atoms with E-state index in [2.05, 4.69) is 11.7 Å². The Hall–Kier alpha value is -1.04. The highest BCUT2D eigenvalue weighted by Crippen LogP contribution is 2.41. The molecule has 0 bridgehead atoms. The van der Waals surface area contributed by atoms with Gasteiger partial charge in [0.15, 0.2) is 17.4 Å². The van der Waals surface area contributed by atoms with Crippen molar-refractivity contribution in [3.05, 3.63) is 29.3 Å². The van der Waals surface area contributed by atoms with Gasteiger partial charge in [-0.1, -0.05) is 70.0 Å². The standard InChI is InChI=1S/C25H38F4OSi/c1-2-3-4-13-31-14-11-19(12-15-31)6-5-18-7-9-20(10-8-18)21-16-22(26)24(23(27)17-21)30-25(28)29/h16-20,25,31H,2-15H2,1H3/t18?,19-,20?,31-. The van der Waals surface area contributed by atoms with E-state index < -0.39 is 32.8 Å². The number of rotatable bonds is 10. The molecule has 1 saturated heterocycles. The highest BCUT2D eigenvalue weighted by molar-refractivity contribution is 6.58. The third-order valence-corrected chi connectivity index (χ3v) is 11.2. The number of alkyl halides is 2. The summed E-state index contributed by atoms with van der Waals surface area (Å²) in [4.78, 5) is 0. The second kappa shape index (κ2) is 12.3. The highest BCUT2D eigenvalue weighted by Gasteiger charge is 2.27. The van der Waals surface area contributed by atoms with Gasteiger partial charge in [0.25, 0.3) is 0 Å². The minimum Gasteiger partial charge on any atom is -0.429 e. The van der Waals surface area contributed by atoms with Crippen LogP contribution in [0.4, 0.5) is 17.6 Å². The van der Waals surface area contributed by atoms with Gasteiger partial charge >= 0.3 is 6.61 Å². The average Bonchev–Trinajstić information content (AvgIpc) is 2.76. The van der Waals surface area contributed by atoms with Gasteiger partial charge in [-0.2, -0.15) is 8.78 Å². The molecule has 2 fully saturated rings. The Bertz CT molecular complexity index is 644. The lowest BCUT2D eigenvalue weighted by Crippen LogP contribution is -2.22. The average molecular weight is 459 g/mol. The SMILES string of the molecule is CCCCC[Si@H]1CC[C@H](CCC2CCC(c3cc(F)c(OC(F)F)c(F)c3)CC2)CC1. The first-order valence-corrected chi connectivity index (χ1v) is 14.8. The van der Waals surface area contributed by atoms with Crippen LogP contribution in [-0.2, 0) is 0 Å². The maximum absolute atomic E-state index is 14.0. The van der Waals surface area contributed by atoms with Crippen molar-refractivity contribution in [2.45, 2.75) is 108 Å². The van der Waals surface area contributed by atoms with E-state index in [-0.39, 0.29) is 5.92 Å². The largest absolute Gasteiger partial charge is 0.429 e. The molecule has 1 aromatic rings. The number of halogens is 4. The first kappa shape index (κ1) is 24.6. The van der Waals surface area contributed by atoms with Crippen LogP contribution in [0.5, 0.6) is 5.75 Å². The normalized spacial score (nSPS) is 26.9. The second-order valence-corrected chi connectivity index (χ2v) is 13.3. The first-order valence-electron chi connectivity index (χ1n) is 12.4. The Morgan fingerprint density at radius 3 is 2.03 bits per heavy atom. The molecule has 0 aromatic heterocycles. The molecule has 0 radical (unpaired) electrons. The van der Waals surface area contributed by atoms with Gasteiger partial charge < -0.3 is 4.74 Å². The van der Waals surface area contributed by atoms with Gasteiger partial charge in [0.05, 0.1) is 0 Å². The summed E-state index contributed by atoms with van der Waals surface area (Å²) < 4.78 is 56.7. The molecule has 0 spiro atoms. The van der Waals surface area contributed by atoms with Crippen molar-refractivity contribution in [3.63, 3.8) is 0 Å². The molecule has 1 nitrogen and oxygen atoms in total. The van der Waals surface area contributed by atoms with Crippen molar-refractivity contribution in [1.82, 2.24) is 0 Å². The molecule has 1 aliphatic heterocycles. The topological polar surface area (TPSA) is 9.23 Å². The summed E-state index contributed by atoms with van der Waals surface area (Å²) in [6, 6.07) is 7.00. The molecule has 176 valence electrons. The fraction of sp³-hybridized carbons (Fsp3) is 0.760. The summed E-state index contributed by atoms with van der Waals surface area (Å²) in [5, 5.41) is 0. The van der Waals surface area contributed by atoms with Crippen LogP contribution in [0.25, 0.3) is 0 Å². The van der Waals surface area contributed by atoms with Gasteiger partial charge in [0, 0.05) is 8.80 Å². The predicted octanol–water partition coefficient (Wildman–Crippen LogP) is 8.45. The van der Waals surface area contributed by atoms with E-state index in [9.17, 15) is 17.6 Å². The lowest BCUT2D eigenvalue weighted by molar-refractivity contribution is -0.0546. The number of hydrogen-bond acceptors (Lipinski definition) is 1. The van der Waals surface area contributed by atoms with Crippen LogP contribution in [0.15, 0.2) is 12.1 Å². The smallest absolute Gasteiger partial charge is 0.387 e. The van der Waals surface area contributed by atoms with E-state index >= 15 is 0 Å². The summed E-state index contributed by atoms with van der Waals surface area (Å²) in [6.07, 6.45) is 13.7. The van der Waals surface area contributed by atoms with Gasteiger partial charge in [-0.3, -0.25) is 0 Å². The summed E-state index contributed by atoms with van der Waals surface area (Å²) in [7, 11) is -0.431. The zero-order chi connectivity index (χ0) is 22.2. The van der Waals surface area contributed by atoms with Crippen molar-refractivity contribution in [2.24, 2.45) is 11.8 Å². The zero-order valence-electron chi connectivity index (χ0n) is 18.9. The summed E-state index contributed by atoms with van der Waals surface area (Å²) in [5.41, 5.74) is 0.571. The van der Waals surface area contributed by atoms with Crippen LogP contribution in [-0.4, -0.2) is 15.4 Å². The van der Waals surface area contributed by atoms with E-state index in [1.54, 1.807) is 18.1 Å². The van der Waals surface area contributed by atoms with E-state index in [4.69, 9.17) is 0 Å². The molecule has 2 aliphatic rings. The van der Waals surface area contributed by atoms with Crippen LogP contribution < -0.4 is 4.74 Å². The lowest BCUT2D eigenvalue weighted by Gasteiger charge is -2.32. The molecular formula is C25H38F4OSi. The van der Waals surface area contributed by atoms with E-state index in [1.807, 2.05) is 0 Å². The Kier molecular flexibility index (Phi) is 9.73. The Morgan fingerprint density at radius 2 is 1.48 bits per heavy atom. The molecule has 1 aromatic carbocycles. The third kappa shape index (κ3) is 7.50. The number of ether oxygens (including phenoxy) is 1. The quantitative estimate of drug-likeness (QED) is 0.194. The molecule has 0 N–H and O–H groups in total. The summed E-state index contributed by atoms with van der Waals surface area (Å²) in [5.74, 6) is -1.32. The molecule has 1 heterocycles. The summed E-state index contributed by atoms with van der Waals surface area (Å²) >= 11 is 0. The van der Waals surface area contributed by atoms with Crippen LogP contribution >= 0.6 is 0 Å². The van der Waals surface area contributed by atoms with Crippen molar-refractivity contribution >= 4 is 8.80 Å². The lowest BCUT2D eigenvalue weighted by atomic mass is 9.76. The van der Waals surface area contributed by atoms with Crippen molar-refractivity contribution < 1.29 is 22.3 Å². The van der Waals surface area contributed by atoms with Crippen molar-refractivity contribution in [1.29, 1.82) is 0 Å².